The highest BCUT2D eigenvalue weighted by Gasteiger charge is 2.26. The minimum Gasteiger partial charge on any atom is -1.00 e. The van der Waals surface area contributed by atoms with Crippen LogP contribution in [0.15, 0.2) is 4.42 Å². The van der Waals surface area contributed by atoms with E-state index < -0.39 is 0 Å². The molecule has 1 aliphatic rings. The van der Waals surface area contributed by atoms with Crippen LogP contribution in [0.25, 0.3) is 0 Å². The predicted molar refractivity (Wildman–Crippen MR) is 54.0 cm³/mol. The van der Waals surface area contributed by atoms with E-state index in [1.807, 2.05) is 0 Å². The van der Waals surface area contributed by atoms with Gasteiger partial charge in [0.05, 0.1) is 0 Å². The summed E-state index contributed by atoms with van der Waals surface area (Å²) in [6.07, 6.45) is 4.61. The van der Waals surface area contributed by atoms with Gasteiger partial charge in [-0.05, 0) is 18.3 Å². The van der Waals surface area contributed by atoms with Crippen LogP contribution in [-0.4, -0.2) is 10.2 Å². The molecule has 0 aromatic carbocycles. The molecule has 1 aliphatic carbocycles. The molecule has 1 heterocycles. The summed E-state index contributed by atoms with van der Waals surface area (Å²) < 4.78 is 5.64. The molecular weight excluding hydrogens is 212 g/mol. The van der Waals surface area contributed by atoms with E-state index in [9.17, 15) is 0 Å². The number of rotatable bonds is 2. The van der Waals surface area contributed by atoms with E-state index in [1.54, 1.807) is 0 Å². The first-order valence-electron chi connectivity index (χ1n) is 5.37. The zero-order chi connectivity index (χ0) is 10.2. The van der Waals surface area contributed by atoms with Gasteiger partial charge < -0.3 is 16.8 Å². The van der Waals surface area contributed by atoms with Gasteiger partial charge in [0.15, 0.2) is 0 Å². The van der Waals surface area contributed by atoms with Crippen molar-refractivity contribution in [3.63, 3.8) is 0 Å². The van der Waals surface area contributed by atoms with Gasteiger partial charge >= 0.3 is 0 Å². The lowest BCUT2D eigenvalue weighted by Gasteiger charge is -2.21. The molecule has 0 radical (unpaired) electrons. The highest BCUT2D eigenvalue weighted by atomic mass is 35.5. The lowest BCUT2D eigenvalue weighted by molar-refractivity contribution is -0.00000485. The average molecular weight is 230 g/mol. The molecule has 1 fully saturated rings. The largest absolute Gasteiger partial charge is 1.00 e. The molecule has 0 amide bonds. The lowest BCUT2D eigenvalue weighted by atomic mass is 9.85. The Balaban J connectivity index is 0.00000112. The smallest absolute Gasteiger partial charge is 0.219 e. The van der Waals surface area contributed by atoms with Crippen molar-refractivity contribution in [2.45, 2.75) is 52.4 Å². The fourth-order valence-electron chi connectivity index (χ4n) is 1.61. The van der Waals surface area contributed by atoms with Crippen LogP contribution in [0.4, 0.5) is 0 Å². The monoisotopic (exact) mass is 229 g/mol. The van der Waals surface area contributed by atoms with Crippen molar-refractivity contribution in [1.82, 2.24) is 10.2 Å². The van der Waals surface area contributed by atoms with Gasteiger partial charge in [0.2, 0.25) is 11.8 Å². The van der Waals surface area contributed by atoms with Crippen LogP contribution in [0, 0.1) is 5.41 Å². The summed E-state index contributed by atoms with van der Waals surface area (Å²) in [5, 5.41) is 8.19. The van der Waals surface area contributed by atoms with Crippen molar-refractivity contribution in [3.8, 4) is 0 Å². The van der Waals surface area contributed by atoms with E-state index in [4.69, 9.17) is 4.42 Å². The lowest BCUT2D eigenvalue weighted by Crippen LogP contribution is -3.00. The molecule has 4 heteroatoms. The number of halogens is 1. The van der Waals surface area contributed by atoms with Crippen molar-refractivity contribution >= 4 is 0 Å². The van der Waals surface area contributed by atoms with Gasteiger partial charge in [0.25, 0.3) is 0 Å². The molecule has 0 aliphatic heterocycles. The average Bonchev–Trinajstić information content (AvgIpc) is 2.28. The number of aromatic nitrogens is 2. The van der Waals surface area contributed by atoms with Crippen LogP contribution in [0.3, 0.4) is 0 Å². The van der Waals surface area contributed by atoms with Crippen molar-refractivity contribution in [2.24, 2.45) is 5.41 Å². The van der Waals surface area contributed by atoms with Gasteiger partial charge in [-0.15, -0.1) is 10.2 Å². The normalized spacial score (nSPS) is 17.0. The second-order valence-corrected chi connectivity index (χ2v) is 5.40. The third kappa shape index (κ3) is 3.20. The molecule has 0 atom stereocenters. The van der Waals surface area contributed by atoms with Crippen LogP contribution in [0.5, 0.6) is 0 Å². The summed E-state index contributed by atoms with van der Waals surface area (Å²) in [6.45, 7) is 6.54. The SMILES string of the molecule is CC(C)(C)Cc1nnc(C2CCC2)o1.[Cl-]. The maximum atomic E-state index is 5.64. The van der Waals surface area contributed by atoms with Crippen LogP contribution < -0.4 is 12.4 Å². The van der Waals surface area contributed by atoms with E-state index in [2.05, 4.69) is 31.0 Å². The maximum Gasteiger partial charge on any atom is 0.219 e. The van der Waals surface area contributed by atoms with Crippen LogP contribution >= 0.6 is 0 Å². The van der Waals surface area contributed by atoms with Gasteiger partial charge in [-0.1, -0.05) is 27.2 Å². The molecular formula is C11H18ClN2O-. The third-order valence-corrected chi connectivity index (χ3v) is 2.62. The molecule has 0 N–H and O–H groups in total. The molecule has 0 saturated heterocycles. The number of nitrogens with zero attached hydrogens (tertiary/aromatic N) is 2. The van der Waals surface area contributed by atoms with Crippen molar-refractivity contribution in [3.05, 3.63) is 11.8 Å². The third-order valence-electron chi connectivity index (χ3n) is 2.62. The molecule has 0 bridgehead atoms. The van der Waals surface area contributed by atoms with Crippen molar-refractivity contribution in [1.29, 1.82) is 0 Å². The van der Waals surface area contributed by atoms with E-state index >= 15 is 0 Å². The Kier molecular flexibility index (Phi) is 3.77. The van der Waals surface area contributed by atoms with Gasteiger partial charge in [0.1, 0.15) is 0 Å². The van der Waals surface area contributed by atoms with Crippen LogP contribution in [0.1, 0.15) is 57.7 Å². The minimum absolute atomic E-state index is 0. The van der Waals surface area contributed by atoms with E-state index in [-0.39, 0.29) is 17.8 Å². The minimum atomic E-state index is 0. The zero-order valence-electron chi connectivity index (χ0n) is 9.59. The molecule has 15 heavy (non-hydrogen) atoms. The van der Waals surface area contributed by atoms with Gasteiger partial charge in [-0.3, -0.25) is 0 Å². The Morgan fingerprint density at radius 1 is 1.27 bits per heavy atom. The second kappa shape index (κ2) is 4.52. The molecule has 1 saturated carbocycles. The Labute approximate surface area is 97.1 Å². The Morgan fingerprint density at radius 3 is 2.40 bits per heavy atom. The Bertz CT molecular complexity index is 313. The van der Waals surface area contributed by atoms with Gasteiger partial charge in [0, 0.05) is 12.3 Å². The fraction of sp³-hybridized carbons (Fsp3) is 0.818. The number of hydrogen-bond acceptors (Lipinski definition) is 3. The first kappa shape index (κ1) is 12.5. The summed E-state index contributed by atoms with van der Waals surface area (Å²) in [5.41, 5.74) is 0.226. The second-order valence-electron chi connectivity index (χ2n) is 5.40. The molecule has 1 aromatic rings. The molecule has 86 valence electrons. The van der Waals surface area contributed by atoms with Gasteiger partial charge in [-0.25, -0.2) is 0 Å². The highest BCUT2D eigenvalue weighted by molar-refractivity contribution is 4.97. The van der Waals surface area contributed by atoms with Crippen LogP contribution in [0.2, 0.25) is 0 Å². The van der Waals surface area contributed by atoms with Crippen LogP contribution in [-0.2, 0) is 6.42 Å². The summed E-state index contributed by atoms with van der Waals surface area (Å²) >= 11 is 0. The molecule has 0 spiro atoms. The van der Waals surface area contributed by atoms with E-state index in [1.165, 1.54) is 19.3 Å². The maximum absolute atomic E-state index is 5.64. The van der Waals surface area contributed by atoms with Crippen molar-refractivity contribution < 1.29 is 16.8 Å². The summed E-state index contributed by atoms with van der Waals surface area (Å²) in [7, 11) is 0. The van der Waals surface area contributed by atoms with E-state index in [0.717, 1.165) is 18.2 Å². The van der Waals surface area contributed by atoms with E-state index in [0.29, 0.717) is 5.92 Å². The first-order valence-corrected chi connectivity index (χ1v) is 5.37. The first-order chi connectivity index (χ1) is 6.54. The van der Waals surface area contributed by atoms with Gasteiger partial charge in [-0.2, -0.15) is 0 Å². The standard InChI is InChI=1S/C11H18N2O.ClH/c1-11(2,3)7-9-12-13-10(14-9)8-5-4-6-8;/h8H,4-7H2,1-3H3;1H/p-1. The molecule has 3 nitrogen and oxygen atoms in total. The number of hydrogen-bond donors (Lipinski definition) is 0. The summed E-state index contributed by atoms with van der Waals surface area (Å²) in [6, 6.07) is 0. The Morgan fingerprint density at radius 2 is 1.93 bits per heavy atom. The zero-order valence-corrected chi connectivity index (χ0v) is 10.3. The Hall–Kier alpha value is -0.570. The molecule has 2 rings (SSSR count). The summed E-state index contributed by atoms with van der Waals surface area (Å²) in [4.78, 5) is 0. The topological polar surface area (TPSA) is 38.9 Å². The fourth-order valence-corrected chi connectivity index (χ4v) is 1.61. The predicted octanol–water partition coefficient (Wildman–Crippen LogP) is -0.0703. The van der Waals surface area contributed by atoms with Crippen molar-refractivity contribution in [2.75, 3.05) is 0 Å². The quantitative estimate of drug-likeness (QED) is 0.713. The summed E-state index contributed by atoms with van der Waals surface area (Å²) in [5.74, 6) is 2.20. The molecule has 0 unspecified atom stereocenters. The molecule has 1 aromatic heterocycles. The highest BCUT2D eigenvalue weighted by Crippen LogP contribution is 2.35.